The van der Waals surface area contributed by atoms with Gasteiger partial charge in [-0.1, -0.05) is 148 Å². The van der Waals surface area contributed by atoms with Crippen LogP contribution in [0.3, 0.4) is 0 Å². The molecule has 8 heteroatoms. The van der Waals surface area contributed by atoms with E-state index in [4.69, 9.17) is 20.1 Å². The first-order valence-corrected chi connectivity index (χ1v) is 17.6. The number of nitrogens with zero attached hydrogens (tertiary/aromatic N) is 1. The van der Waals surface area contributed by atoms with Gasteiger partial charge < -0.3 is 20.2 Å². The number of carboxylic acid groups (broad SMARTS) is 3. The summed E-state index contributed by atoms with van der Waals surface area (Å²) in [5.74, 6) is -2.56. The van der Waals surface area contributed by atoms with Crippen molar-refractivity contribution in [3.63, 3.8) is 0 Å². The zero-order valence-electron chi connectivity index (χ0n) is 28.8. The molecule has 0 radical (unpaired) electrons. The SMILES string of the molecule is CC(=O)O.CCCCCCCCCCCCN(CCCCCCCCCCCC)C(=O)CCC(=O)O.O=C(O)c1ccccc1. The van der Waals surface area contributed by atoms with Crippen LogP contribution in [0.2, 0.25) is 0 Å². The molecule has 260 valence electrons. The van der Waals surface area contributed by atoms with Gasteiger partial charge in [0.25, 0.3) is 5.97 Å². The first kappa shape index (κ1) is 44.2. The minimum absolute atomic E-state index is 0.0271. The zero-order valence-corrected chi connectivity index (χ0v) is 28.8. The molecule has 0 aromatic heterocycles. The van der Waals surface area contributed by atoms with E-state index in [2.05, 4.69) is 13.8 Å². The topological polar surface area (TPSA) is 132 Å². The van der Waals surface area contributed by atoms with Gasteiger partial charge in [0.1, 0.15) is 0 Å². The highest BCUT2D eigenvalue weighted by atomic mass is 16.4. The third kappa shape index (κ3) is 35.5. The number of aromatic carboxylic acids is 1. The van der Waals surface area contributed by atoms with Gasteiger partial charge in [-0.3, -0.25) is 14.4 Å². The lowest BCUT2D eigenvalue weighted by molar-refractivity contribution is -0.141. The first-order valence-electron chi connectivity index (χ1n) is 17.6. The second-order valence-corrected chi connectivity index (χ2v) is 11.8. The number of benzene rings is 1. The summed E-state index contributed by atoms with van der Waals surface area (Å²) in [7, 11) is 0. The van der Waals surface area contributed by atoms with Crippen molar-refractivity contribution >= 4 is 23.8 Å². The Hall–Kier alpha value is -2.90. The number of hydrogen-bond donors (Lipinski definition) is 3. The number of hydrogen-bond acceptors (Lipinski definition) is 4. The highest BCUT2D eigenvalue weighted by Gasteiger charge is 2.14. The van der Waals surface area contributed by atoms with E-state index in [0.717, 1.165) is 32.9 Å². The van der Waals surface area contributed by atoms with E-state index in [1.165, 1.54) is 116 Å². The van der Waals surface area contributed by atoms with Crippen LogP contribution in [0, 0.1) is 0 Å². The highest BCUT2D eigenvalue weighted by molar-refractivity contribution is 5.87. The standard InChI is InChI=1S/C28H55NO3.C7H6O2.C2H4O2/c1-3-5-7-9-11-13-15-17-19-21-25-29(27(30)23-24-28(31)32)26-22-20-18-16-14-12-10-8-6-4-2;8-7(9)6-4-2-1-3-5-6;1-2(3)4/h3-26H2,1-2H3,(H,31,32);1-5H,(H,8,9);1H3,(H,3,4). The normalized spacial score (nSPS) is 10.2. The van der Waals surface area contributed by atoms with E-state index in [1.54, 1.807) is 30.3 Å². The zero-order chi connectivity index (χ0) is 34.0. The maximum Gasteiger partial charge on any atom is 0.335 e. The summed E-state index contributed by atoms with van der Waals surface area (Å²) in [5.41, 5.74) is 0.331. The molecule has 1 aromatic carbocycles. The Labute approximate surface area is 274 Å². The average molecular weight is 636 g/mol. The van der Waals surface area contributed by atoms with Crippen LogP contribution in [0.1, 0.15) is 172 Å². The van der Waals surface area contributed by atoms with E-state index in [9.17, 15) is 14.4 Å². The Morgan fingerprint density at radius 2 is 0.867 bits per heavy atom. The molecule has 8 nitrogen and oxygen atoms in total. The molecule has 0 aliphatic carbocycles. The van der Waals surface area contributed by atoms with E-state index >= 15 is 0 Å². The van der Waals surface area contributed by atoms with Crippen molar-refractivity contribution < 1.29 is 34.5 Å². The van der Waals surface area contributed by atoms with Gasteiger partial charge in [-0.05, 0) is 25.0 Å². The maximum atomic E-state index is 12.5. The molecule has 1 amide bonds. The number of carbonyl (C=O) groups is 4. The van der Waals surface area contributed by atoms with E-state index < -0.39 is 17.9 Å². The molecule has 1 rings (SSSR count). The van der Waals surface area contributed by atoms with Crippen LogP contribution in [0.15, 0.2) is 30.3 Å². The molecule has 0 fully saturated rings. The summed E-state index contributed by atoms with van der Waals surface area (Å²) in [4.78, 5) is 44.5. The van der Waals surface area contributed by atoms with Crippen molar-refractivity contribution in [2.24, 2.45) is 0 Å². The van der Waals surface area contributed by atoms with Crippen LogP contribution < -0.4 is 0 Å². The van der Waals surface area contributed by atoms with Gasteiger partial charge in [0.15, 0.2) is 0 Å². The summed E-state index contributed by atoms with van der Waals surface area (Å²) in [6, 6.07) is 8.30. The summed E-state index contributed by atoms with van der Waals surface area (Å²) >= 11 is 0. The van der Waals surface area contributed by atoms with Crippen molar-refractivity contribution in [3.05, 3.63) is 35.9 Å². The van der Waals surface area contributed by atoms with Crippen molar-refractivity contribution in [3.8, 4) is 0 Å². The smallest absolute Gasteiger partial charge is 0.335 e. The Bertz CT molecular complexity index is 816. The minimum Gasteiger partial charge on any atom is -0.481 e. The molecule has 0 saturated heterocycles. The van der Waals surface area contributed by atoms with Crippen LogP contribution in [-0.2, 0) is 14.4 Å². The summed E-state index contributed by atoms with van der Waals surface area (Å²) < 4.78 is 0. The predicted molar refractivity (Wildman–Crippen MR) is 184 cm³/mol. The molecule has 0 saturated carbocycles. The molecule has 0 unspecified atom stereocenters. The maximum absolute atomic E-state index is 12.5. The van der Waals surface area contributed by atoms with Crippen molar-refractivity contribution in [2.75, 3.05) is 13.1 Å². The fraction of sp³-hybridized carbons (Fsp3) is 0.730. The summed E-state index contributed by atoms with van der Waals surface area (Å²) in [5, 5.41) is 24.7. The fourth-order valence-electron chi connectivity index (χ4n) is 4.89. The molecule has 0 aliphatic rings. The first-order chi connectivity index (χ1) is 21.6. The van der Waals surface area contributed by atoms with Gasteiger partial charge in [-0.15, -0.1) is 0 Å². The number of amides is 1. The van der Waals surface area contributed by atoms with Gasteiger partial charge in [-0.25, -0.2) is 4.79 Å². The second-order valence-electron chi connectivity index (χ2n) is 11.8. The Balaban J connectivity index is 0. The monoisotopic (exact) mass is 635 g/mol. The van der Waals surface area contributed by atoms with E-state index in [0.29, 0.717) is 5.56 Å². The molecule has 0 bridgehead atoms. The van der Waals surface area contributed by atoms with Gasteiger partial charge in [0, 0.05) is 26.4 Å². The lowest BCUT2D eigenvalue weighted by Gasteiger charge is -2.22. The van der Waals surface area contributed by atoms with E-state index in [-0.39, 0.29) is 18.7 Å². The molecule has 0 spiro atoms. The Kier molecular flexibility index (Phi) is 33.4. The lowest BCUT2D eigenvalue weighted by atomic mass is 10.1. The van der Waals surface area contributed by atoms with Crippen molar-refractivity contribution in [1.82, 2.24) is 4.90 Å². The third-order valence-electron chi connectivity index (χ3n) is 7.49. The molecule has 0 heterocycles. The average Bonchev–Trinajstić information content (AvgIpc) is 3.01. The number of unbranched alkanes of at least 4 members (excludes halogenated alkanes) is 18. The number of aliphatic carboxylic acids is 2. The van der Waals surface area contributed by atoms with Gasteiger partial charge in [-0.2, -0.15) is 0 Å². The van der Waals surface area contributed by atoms with Crippen LogP contribution >= 0.6 is 0 Å². The van der Waals surface area contributed by atoms with Crippen molar-refractivity contribution in [1.29, 1.82) is 0 Å². The quantitative estimate of drug-likeness (QED) is 0.0863. The number of carbonyl (C=O) groups excluding carboxylic acids is 1. The number of carboxylic acids is 3. The largest absolute Gasteiger partial charge is 0.481 e. The van der Waals surface area contributed by atoms with Crippen LogP contribution in [0.5, 0.6) is 0 Å². The Morgan fingerprint density at radius 3 is 1.16 bits per heavy atom. The Morgan fingerprint density at radius 1 is 0.533 bits per heavy atom. The van der Waals surface area contributed by atoms with E-state index in [1.807, 2.05) is 4.90 Å². The molecule has 3 N–H and O–H groups in total. The molecular formula is C37H65NO7. The summed E-state index contributed by atoms with van der Waals surface area (Å²) in [6.07, 6.45) is 25.9. The number of rotatable bonds is 26. The molecular weight excluding hydrogens is 570 g/mol. The van der Waals surface area contributed by atoms with Crippen molar-refractivity contribution in [2.45, 2.75) is 162 Å². The van der Waals surface area contributed by atoms with Gasteiger partial charge in [0.2, 0.25) is 5.91 Å². The molecule has 0 atom stereocenters. The van der Waals surface area contributed by atoms with Gasteiger partial charge in [0.05, 0.1) is 12.0 Å². The molecule has 1 aromatic rings. The summed E-state index contributed by atoms with van der Waals surface area (Å²) in [6.45, 7) is 7.19. The predicted octanol–water partition coefficient (Wildman–Crippen LogP) is 10.00. The second kappa shape index (κ2) is 34.0. The molecule has 0 aliphatic heterocycles. The third-order valence-corrected chi connectivity index (χ3v) is 7.49. The fourth-order valence-corrected chi connectivity index (χ4v) is 4.89. The molecule has 45 heavy (non-hydrogen) atoms. The van der Waals surface area contributed by atoms with Gasteiger partial charge >= 0.3 is 11.9 Å². The van der Waals surface area contributed by atoms with Crippen LogP contribution in [0.4, 0.5) is 0 Å². The highest BCUT2D eigenvalue weighted by Crippen LogP contribution is 2.13. The lowest BCUT2D eigenvalue weighted by Crippen LogP contribution is -2.33. The minimum atomic E-state index is -0.879. The van der Waals surface area contributed by atoms with Crippen LogP contribution in [0.25, 0.3) is 0 Å². The van der Waals surface area contributed by atoms with Crippen LogP contribution in [-0.4, -0.2) is 57.1 Å².